The van der Waals surface area contributed by atoms with E-state index in [1.165, 1.54) is 12.1 Å². The van der Waals surface area contributed by atoms with Gasteiger partial charge < -0.3 is 15.0 Å². The molecule has 1 aromatic carbocycles. The first kappa shape index (κ1) is 14.3. The highest BCUT2D eigenvalue weighted by Gasteiger charge is 2.14. The number of aromatic nitrogens is 2. The molecule has 1 atom stereocenters. The van der Waals surface area contributed by atoms with Gasteiger partial charge in [0, 0.05) is 6.04 Å². The van der Waals surface area contributed by atoms with Crippen LogP contribution < -0.4 is 5.69 Å². The fourth-order valence-corrected chi connectivity index (χ4v) is 2.28. The summed E-state index contributed by atoms with van der Waals surface area (Å²) in [5.41, 5.74) is 1.28. The minimum Gasteiger partial charge on any atom is -0.478 e. The molecule has 2 aromatic rings. The van der Waals surface area contributed by atoms with Gasteiger partial charge in [-0.05, 0) is 52.2 Å². The highest BCUT2D eigenvalue weighted by atomic mass is 16.4. The monoisotopic (exact) mass is 277 g/mol. The molecule has 0 amide bonds. The van der Waals surface area contributed by atoms with Gasteiger partial charge in [-0.15, -0.1) is 0 Å². The van der Waals surface area contributed by atoms with Gasteiger partial charge in [0.1, 0.15) is 0 Å². The van der Waals surface area contributed by atoms with Crippen molar-refractivity contribution in [2.75, 3.05) is 20.6 Å². The zero-order valence-electron chi connectivity index (χ0n) is 11.9. The number of nitrogens with one attached hydrogen (secondary N) is 1. The van der Waals surface area contributed by atoms with Crippen LogP contribution in [0.1, 0.15) is 29.7 Å². The van der Waals surface area contributed by atoms with Gasteiger partial charge in [0.05, 0.1) is 16.6 Å². The zero-order valence-corrected chi connectivity index (χ0v) is 11.9. The maximum atomic E-state index is 12.1. The highest BCUT2D eigenvalue weighted by molar-refractivity contribution is 5.92. The number of benzene rings is 1. The van der Waals surface area contributed by atoms with Crippen LogP contribution in [0.25, 0.3) is 11.0 Å². The Hall–Kier alpha value is -2.08. The third-order valence-corrected chi connectivity index (χ3v) is 3.40. The summed E-state index contributed by atoms with van der Waals surface area (Å²) >= 11 is 0. The molecule has 6 nitrogen and oxygen atoms in total. The summed E-state index contributed by atoms with van der Waals surface area (Å²) in [5.74, 6) is -0.999. The van der Waals surface area contributed by atoms with Crippen LogP contribution in [0.5, 0.6) is 0 Å². The molecular weight excluding hydrogens is 258 g/mol. The second-order valence-electron chi connectivity index (χ2n) is 5.28. The SMILES string of the molecule is CC(CCN(C)C)n1c(=O)[nH]c2cc(C(=O)O)ccc21. The van der Waals surface area contributed by atoms with Crippen molar-refractivity contribution in [3.05, 3.63) is 34.2 Å². The molecular formula is C14H19N3O3. The van der Waals surface area contributed by atoms with Crippen molar-refractivity contribution in [1.82, 2.24) is 14.5 Å². The minimum atomic E-state index is -0.999. The Bertz CT molecular complexity index is 685. The number of imidazole rings is 1. The van der Waals surface area contributed by atoms with Crippen LogP contribution in [0.15, 0.2) is 23.0 Å². The number of nitrogens with zero attached hydrogens (tertiary/aromatic N) is 2. The van der Waals surface area contributed by atoms with Crippen LogP contribution in [0, 0.1) is 0 Å². The molecule has 2 N–H and O–H groups in total. The molecule has 6 heteroatoms. The lowest BCUT2D eigenvalue weighted by atomic mass is 10.2. The van der Waals surface area contributed by atoms with E-state index in [1.54, 1.807) is 10.6 Å². The summed E-state index contributed by atoms with van der Waals surface area (Å²) in [6.07, 6.45) is 0.848. The van der Waals surface area contributed by atoms with Crippen LogP contribution in [0.2, 0.25) is 0 Å². The van der Waals surface area contributed by atoms with Gasteiger partial charge in [-0.1, -0.05) is 0 Å². The van der Waals surface area contributed by atoms with E-state index in [0.717, 1.165) is 18.5 Å². The number of rotatable bonds is 5. The Labute approximate surface area is 116 Å². The number of fused-ring (bicyclic) bond motifs is 1. The van der Waals surface area contributed by atoms with Crippen molar-refractivity contribution >= 4 is 17.0 Å². The summed E-state index contributed by atoms with van der Waals surface area (Å²) in [5, 5.41) is 8.97. The zero-order chi connectivity index (χ0) is 14.9. The van der Waals surface area contributed by atoms with Gasteiger partial charge in [-0.2, -0.15) is 0 Å². The number of aromatic amines is 1. The summed E-state index contributed by atoms with van der Waals surface area (Å²) in [6, 6.07) is 4.75. The molecule has 0 saturated heterocycles. The number of H-pyrrole nitrogens is 1. The molecule has 2 rings (SSSR count). The van der Waals surface area contributed by atoms with Gasteiger partial charge in [0.25, 0.3) is 0 Å². The molecule has 0 bridgehead atoms. The van der Waals surface area contributed by atoms with Crippen molar-refractivity contribution in [3.63, 3.8) is 0 Å². The van der Waals surface area contributed by atoms with E-state index in [-0.39, 0.29) is 17.3 Å². The predicted molar refractivity (Wildman–Crippen MR) is 77.4 cm³/mol. The van der Waals surface area contributed by atoms with Crippen LogP contribution in [-0.2, 0) is 0 Å². The number of aromatic carboxylic acids is 1. The Kier molecular flexibility index (Phi) is 3.94. The van der Waals surface area contributed by atoms with Gasteiger partial charge in [0.2, 0.25) is 0 Å². The maximum absolute atomic E-state index is 12.1. The van der Waals surface area contributed by atoms with Crippen molar-refractivity contribution in [1.29, 1.82) is 0 Å². The van der Waals surface area contributed by atoms with Crippen molar-refractivity contribution < 1.29 is 9.90 Å². The second-order valence-corrected chi connectivity index (χ2v) is 5.28. The Balaban J connectivity index is 2.41. The minimum absolute atomic E-state index is 0.0503. The summed E-state index contributed by atoms with van der Waals surface area (Å²) in [4.78, 5) is 27.8. The normalized spacial score (nSPS) is 13.0. The van der Waals surface area contributed by atoms with E-state index < -0.39 is 5.97 Å². The van der Waals surface area contributed by atoms with E-state index in [4.69, 9.17) is 5.11 Å². The van der Waals surface area contributed by atoms with E-state index in [1.807, 2.05) is 21.0 Å². The average Bonchev–Trinajstić information content (AvgIpc) is 2.70. The van der Waals surface area contributed by atoms with Crippen LogP contribution in [-0.4, -0.2) is 46.2 Å². The highest BCUT2D eigenvalue weighted by Crippen LogP contribution is 2.18. The average molecular weight is 277 g/mol. The largest absolute Gasteiger partial charge is 0.478 e. The van der Waals surface area contributed by atoms with Crippen LogP contribution >= 0.6 is 0 Å². The third-order valence-electron chi connectivity index (χ3n) is 3.40. The number of carboxylic acids is 1. The Morgan fingerprint density at radius 3 is 2.75 bits per heavy atom. The van der Waals surface area contributed by atoms with Gasteiger partial charge >= 0.3 is 11.7 Å². The lowest BCUT2D eigenvalue weighted by Gasteiger charge is -2.16. The molecule has 1 heterocycles. The second kappa shape index (κ2) is 5.50. The maximum Gasteiger partial charge on any atom is 0.335 e. The van der Waals surface area contributed by atoms with E-state index in [0.29, 0.717) is 5.52 Å². The smallest absolute Gasteiger partial charge is 0.335 e. The predicted octanol–water partition coefficient (Wildman–Crippen LogP) is 1.54. The molecule has 0 saturated carbocycles. The molecule has 0 spiro atoms. The first-order chi connectivity index (χ1) is 9.40. The lowest BCUT2D eigenvalue weighted by Crippen LogP contribution is -2.24. The number of carboxylic acid groups (broad SMARTS) is 1. The summed E-state index contributed by atoms with van der Waals surface area (Å²) in [7, 11) is 3.98. The Morgan fingerprint density at radius 1 is 1.45 bits per heavy atom. The quantitative estimate of drug-likeness (QED) is 0.869. The summed E-state index contributed by atoms with van der Waals surface area (Å²) in [6.45, 7) is 2.87. The molecule has 0 aliphatic rings. The molecule has 0 aliphatic heterocycles. The first-order valence-corrected chi connectivity index (χ1v) is 6.52. The molecule has 108 valence electrons. The Morgan fingerprint density at radius 2 is 2.15 bits per heavy atom. The number of hydrogen-bond donors (Lipinski definition) is 2. The van der Waals surface area contributed by atoms with E-state index in [9.17, 15) is 9.59 Å². The molecule has 1 aromatic heterocycles. The lowest BCUT2D eigenvalue weighted by molar-refractivity contribution is 0.0697. The first-order valence-electron chi connectivity index (χ1n) is 6.52. The van der Waals surface area contributed by atoms with Gasteiger partial charge in [-0.25, -0.2) is 9.59 Å². The van der Waals surface area contributed by atoms with E-state index in [2.05, 4.69) is 9.88 Å². The van der Waals surface area contributed by atoms with Crippen molar-refractivity contribution in [2.45, 2.75) is 19.4 Å². The molecule has 0 fully saturated rings. The summed E-state index contributed by atoms with van der Waals surface area (Å²) < 4.78 is 1.68. The third kappa shape index (κ3) is 2.75. The molecule has 0 aliphatic carbocycles. The number of carbonyl (C=O) groups is 1. The van der Waals surface area contributed by atoms with E-state index >= 15 is 0 Å². The topological polar surface area (TPSA) is 78.3 Å². The van der Waals surface area contributed by atoms with Crippen molar-refractivity contribution in [2.24, 2.45) is 0 Å². The fraction of sp³-hybridized carbons (Fsp3) is 0.429. The number of hydrogen-bond acceptors (Lipinski definition) is 3. The molecule has 0 radical (unpaired) electrons. The molecule has 20 heavy (non-hydrogen) atoms. The van der Waals surface area contributed by atoms with Crippen LogP contribution in [0.4, 0.5) is 0 Å². The van der Waals surface area contributed by atoms with Crippen LogP contribution in [0.3, 0.4) is 0 Å². The molecule has 1 unspecified atom stereocenters. The van der Waals surface area contributed by atoms with Gasteiger partial charge in [0.15, 0.2) is 0 Å². The standard InChI is InChI=1S/C14H19N3O3/c1-9(6-7-16(2)3)17-12-5-4-10(13(18)19)8-11(12)15-14(17)20/h4-5,8-9H,6-7H2,1-3H3,(H,15,20)(H,18,19). The van der Waals surface area contributed by atoms with Crippen molar-refractivity contribution in [3.8, 4) is 0 Å². The fourth-order valence-electron chi connectivity index (χ4n) is 2.28. The van der Waals surface area contributed by atoms with Gasteiger partial charge in [-0.3, -0.25) is 4.57 Å².